The van der Waals surface area contributed by atoms with Crippen molar-refractivity contribution in [3.05, 3.63) is 65.5 Å². The van der Waals surface area contributed by atoms with Crippen molar-refractivity contribution in [1.29, 1.82) is 0 Å². The van der Waals surface area contributed by atoms with Gasteiger partial charge in [0.15, 0.2) is 5.82 Å². The van der Waals surface area contributed by atoms with Crippen molar-refractivity contribution in [2.75, 3.05) is 0 Å². The number of fused-ring (bicyclic) bond motifs is 1. The molecule has 21 heavy (non-hydrogen) atoms. The van der Waals surface area contributed by atoms with Gasteiger partial charge in [0.2, 0.25) is 0 Å². The van der Waals surface area contributed by atoms with E-state index in [4.69, 9.17) is 5.73 Å². The molecule has 0 bridgehead atoms. The maximum absolute atomic E-state index is 11.5. The third-order valence-electron chi connectivity index (χ3n) is 3.24. The van der Waals surface area contributed by atoms with Crippen LogP contribution < -0.4 is 5.73 Å². The van der Waals surface area contributed by atoms with Crippen molar-refractivity contribution >= 4 is 22.7 Å². The third kappa shape index (κ3) is 2.67. The number of Topliss-reactive ketones (excluding diaryl/α,β-unsaturated/α-hetero) is 1. The molecule has 0 aliphatic carbocycles. The average Bonchev–Trinajstić information content (AvgIpc) is 2.90. The molecule has 3 aromatic rings. The van der Waals surface area contributed by atoms with Crippen LogP contribution in [0.5, 0.6) is 0 Å². The van der Waals surface area contributed by atoms with Gasteiger partial charge >= 0.3 is 0 Å². The van der Waals surface area contributed by atoms with Crippen LogP contribution >= 0.6 is 0 Å². The largest absolute Gasteiger partial charge is 0.363 e. The maximum Gasteiger partial charge on any atom is 0.293 e. The van der Waals surface area contributed by atoms with Crippen LogP contribution in [0, 0.1) is 0 Å². The van der Waals surface area contributed by atoms with Crippen molar-refractivity contribution < 1.29 is 9.59 Å². The summed E-state index contributed by atoms with van der Waals surface area (Å²) >= 11 is 0. The molecule has 0 unspecified atom stereocenters. The second-order valence-corrected chi connectivity index (χ2v) is 4.79. The van der Waals surface area contributed by atoms with E-state index in [0.29, 0.717) is 11.0 Å². The number of nitrogens with zero attached hydrogens (tertiary/aromatic N) is 1. The van der Waals surface area contributed by atoms with Gasteiger partial charge in [-0.1, -0.05) is 36.4 Å². The Labute approximate surface area is 120 Å². The topological polar surface area (TPSA) is 88.8 Å². The molecule has 0 aliphatic heterocycles. The number of primary amides is 1. The van der Waals surface area contributed by atoms with E-state index in [0.717, 1.165) is 12.0 Å². The Morgan fingerprint density at radius 3 is 2.52 bits per heavy atom. The Bertz CT molecular complexity index is 822. The molecule has 0 radical (unpaired) electrons. The quantitative estimate of drug-likeness (QED) is 0.564. The number of hydrogen-bond acceptors (Lipinski definition) is 3. The number of H-pyrrole nitrogens is 1. The zero-order chi connectivity index (χ0) is 14.8. The molecule has 5 heteroatoms. The van der Waals surface area contributed by atoms with Crippen LogP contribution in [0.1, 0.15) is 21.7 Å². The van der Waals surface area contributed by atoms with Gasteiger partial charge in [-0.25, -0.2) is 4.98 Å². The summed E-state index contributed by atoms with van der Waals surface area (Å²) in [7, 11) is 0. The summed E-state index contributed by atoms with van der Waals surface area (Å²) in [5, 5.41) is 0. The molecule has 104 valence electrons. The molecule has 1 aromatic heterocycles. The van der Waals surface area contributed by atoms with E-state index in [-0.39, 0.29) is 5.82 Å². The molecule has 0 saturated carbocycles. The summed E-state index contributed by atoms with van der Waals surface area (Å²) in [6.07, 6.45) is 0.787. The highest BCUT2D eigenvalue weighted by atomic mass is 16.2. The lowest BCUT2D eigenvalue weighted by molar-refractivity contribution is -0.114. The molecule has 0 fully saturated rings. The molecule has 2 aromatic carbocycles. The minimum absolute atomic E-state index is 0.0191. The second-order valence-electron chi connectivity index (χ2n) is 4.79. The lowest BCUT2D eigenvalue weighted by Gasteiger charge is -2.01. The van der Waals surface area contributed by atoms with Gasteiger partial charge < -0.3 is 10.7 Å². The highest BCUT2D eigenvalue weighted by Crippen LogP contribution is 2.17. The zero-order valence-corrected chi connectivity index (χ0v) is 11.2. The van der Waals surface area contributed by atoms with Crippen molar-refractivity contribution in [3.8, 4) is 0 Å². The molecule has 1 amide bonds. The first-order valence-electron chi connectivity index (χ1n) is 6.50. The third-order valence-corrected chi connectivity index (χ3v) is 3.24. The van der Waals surface area contributed by atoms with Gasteiger partial charge in [-0.15, -0.1) is 0 Å². The fourth-order valence-electron chi connectivity index (χ4n) is 2.22. The zero-order valence-electron chi connectivity index (χ0n) is 11.2. The molecule has 0 atom stereocenters. The lowest BCUT2D eigenvalue weighted by atomic mass is 10.0. The Morgan fingerprint density at radius 1 is 1.05 bits per heavy atom. The molecule has 0 spiro atoms. The minimum atomic E-state index is -1.02. The number of amides is 1. The Morgan fingerprint density at radius 2 is 1.81 bits per heavy atom. The molecular weight excluding hydrogens is 266 g/mol. The van der Waals surface area contributed by atoms with Crippen LogP contribution in [-0.2, 0) is 11.2 Å². The summed E-state index contributed by atoms with van der Waals surface area (Å²) in [5.41, 5.74) is 8.62. The number of nitrogens with two attached hydrogens (primary N) is 1. The smallest absolute Gasteiger partial charge is 0.293 e. The standard InChI is InChI=1S/C16H13N3O2/c17-15(21)14(20)16-18-12-7-6-11(9-13(12)19-16)8-10-4-2-1-3-5-10/h1-7,9H,8H2,(H2,17,21)(H,18,19). The fraction of sp³-hybridized carbons (Fsp3) is 0.0625. The monoisotopic (exact) mass is 279 g/mol. The predicted molar refractivity (Wildman–Crippen MR) is 78.9 cm³/mol. The number of hydrogen-bond donors (Lipinski definition) is 2. The molecule has 5 nitrogen and oxygen atoms in total. The Kier molecular flexibility index (Phi) is 3.23. The Hall–Kier alpha value is -2.95. The van der Waals surface area contributed by atoms with Crippen LogP contribution in [0.2, 0.25) is 0 Å². The number of nitrogens with one attached hydrogen (secondary N) is 1. The van der Waals surface area contributed by atoms with E-state index in [1.807, 2.05) is 36.4 Å². The number of aromatic amines is 1. The summed E-state index contributed by atoms with van der Waals surface area (Å²) in [4.78, 5) is 29.3. The number of carbonyl (C=O) groups excluding carboxylic acids is 2. The minimum Gasteiger partial charge on any atom is -0.363 e. The molecule has 0 saturated heterocycles. The number of aromatic nitrogens is 2. The van der Waals surface area contributed by atoms with Gasteiger partial charge in [-0.2, -0.15) is 0 Å². The van der Waals surface area contributed by atoms with Crippen LogP contribution in [0.15, 0.2) is 48.5 Å². The van der Waals surface area contributed by atoms with Gasteiger partial charge in [-0.05, 0) is 29.7 Å². The number of imidazole rings is 1. The predicted octanol–water partition coefficient (Wildman–Crippen LogP) is 1.82. The Balaban J connectivity index is 1.93. The first kappa shape index (κ1) is 13.1. The first-order valence-corrected chi connectivity index (χ1v) is 6.50. The maximum atomic E-state index is 11.5. The highest BCUT2D eigenvalue weighted by molar-refractivity contribution is 6.41. The van der Waals surface area contributed by atoms with E-state index >= 15 is 0 Å². The summed E-state index contributed by atoms with van der Waals surface area (Å²) in [6, 6.07) is 15.8. The SMILES string of the molecule is NC(=O)C(=O)c1nc2ccc(Cc3ccccc3)cc2[nH]1. The molecular formula is C16H13N3O2. The second kappa shape index (κ2) is 5.20. The molecule has 1 heterocycles. The molecule has 3 N–H and O–H groups in total. The van der Waals surface area contributed by atoms with Crippen LogP contribution in [-0.4, -0.2) is 21.7 Å². The van der Waals surface area contributed by atoms with Gasteiger partial charge in [0.25, 0.3) is 11.7 Å². The van der Waals surface area contributed by atoms with E-state index in [9.17, 15) is 9.59 Å². The normalized spacial score (nSPS) is 10.7. The van der Waals surface area contributed by atoms with E-state index in [2.05, 4.69) is 22.1 Å². The fourth-order valence-corrected chi connectivity index (χ4v) is 2.22. The van der Waals surface area contributed by atoms with Crippen LogP contribution in [0.25, 0.3) is 11.0 Å². The van der Waals surface area contributed by atoms with Gasteiger partial charge in [0.05, 0.1) is 11.0 Å². The average molecular weight is 279 g/mol. The van der Waals surface area contributed by atoms with Crippen LogP contribution in [0.4, 0.5) is 0 Å². The van der Waals surface area contributed by atoms with Gasteiger partial charge in [0.1, 0.15) is 0 Å². The van der Waals surface area contributed by atoms with Crippen molar-refractivity contribution in [2.24, 2.45) is 5.73 Å². The van der Waals surface area contributed by atoms with Crippen molar-refractivity contribution in [2.45, 2.75) is 6.42 Å². The van der Waals surface area contributed by atoms with E-state index in [1.54, 1.807) is 0 Å². The van der Waals surface area contributed by atoms with Crippen molar-refractivity contribution in [3.63, 3.8) is 0 Å². The molecule has 3 rings (SSSR count). The first-order chi connectivity index (χ1) is 10.1. The van der Waals surface area contributed by atoms with E-state index < -0.39 is 11.7 Å². The van der Waals surface area contributed by atoms with E-state index in [1.165, 1.54) is 5.56 Å². The summed E-state index contributed by atoms with van der Waals surface area (Å²) in [5.74, 6) is -1.84. The molecule has 0 aliphatic rings. The number of ketones is 1. The number of carbonyl (C=O) groups is 2. The number of benzene rings is 2. The number of rotatable bonds is 4. The summed E-state index contributed by atoms with van der Waals surface area (Å²) < 4.78 is 0. The van der Waals surface area contributed by atoms with Gasteiger partial charge in [0, 0.05) is 0 Å². The lowest BCUT2D eigenvalue weighted by Crippen LogP contribution is -2.24. The van der Waals surface area contributed by atoms with Crippen molar-refractivity contribution in [1.82, 2.24) is 9.97 Å². The highest BCUT2D eigenvalue weighted by Gasteiger charge is 2.16. The summed E-state index contributed by atoms with van der Waals surface area (Å²) in [6.45, 7) is 0. The van der Waals surface area contributed by atoms with Gasteiger partial charge in [-0.3, -0.25) is 9.59 Å². The van der Waals surface area contributed by atoms with Crippen LogP contribution in [0.3, 0.4) is 0 Å².